The number of rotatable bonds is 9. The van der Waals surface area contributed by atoms with Gasteiger partial charge in [-0.25, -0.2) is 0 Å². The summed E-state index contributed by atoms with van der Waals surface area (Å²) in [5.41, 5.74) is 2.84. The zero-order valence-corrected chi connectivity index (χ0v) is 17.9. The van der Waals surface area contributed by atoms with Crippen LogP contribution in [-0.4, -0.2) is 47.2 Å². The van der Waals surface area contributed by atoms with Gasteiger partial charge in [-0.05, 0) is 31.0 Å². The van der Waals surface area contributed by atoms with Gasteiger partial charge in [-0.3, -0.25) is 14.4 Å². The summed E-state index contributed by atoms with van der Waals surface area (Å²) in [4.78, 5) is 38.4. The Hall–Kier alpha value is -2.80. The topological polar surface area (TPSA) is 78.5 Å². The Morgan fingerprint density at radius 2 is 1.73 bits per heavy atom. The van der Waals surface area contributed by atoms with Crippen LogP contribution in [0.1, 0.15) is 30.0 Å². The van der Waals surface area contributed by atoms with Gasteiger partial charge in [-0.2, -0.15) is 0 Å². The van der Waals surface area contributed by atoms with Crippen molar-refractivity contribution in [2.45, 2.75) is 25.8 Å². The highest BCUT2D eigenvalue weighted by Gasteiger charge is 2.25. The monoisotopic (exact) mass is 425 g/mol. The van der Waals surface area contributed by atoms with Gasteiger partial charge in [0.05, 0.1) is 17.5 Å². The molecule has 1 fully saturated rings. The van der Waals surface area contributed by atoms with Gasteiger partial charge in [0.2, 0.25) is 17.7 Å². The highest BCUT2D eigenvalue weighted by Crippen LogP contribution is 2.19. The second kappa shape index (κ2) is 10.8. The molecule has 1 aliphatic heterocycles. The van der Waals surface area contributed by atoms with Gasteiger partial charge in [0, 0.05) is 25.2 Å². The van der Waals surface area contributed by atoms with Crippen molar-refractivity contribution in [3.63, 3.8) is 0 Å². The smallest absolute Gasteiger partial charge is 0.234 e. The molecule has 1 heterocycles. The van der Waals surface area contributed by atoms with Crippen LogP contribution in [0.5, 0.6) is 0 Å². The Bertz CT molecular complexity index is 871. The van der Waals surface area contributed by atoms with Gasteiger partial charge in [-0.1, -0.05) is 48.0 Å². The van der Waals surface area contributed by atoms with E-state index in [0.717, 1.165) is 29.8 Å². The molecule has 0 saturated carbocycles. The van der Waals surface area contributed by atoms with Gasteiger partial charge in [0.25, 0.3) is 0 Å². The van der Waals surface area contributed by atoms with Gasteiger partial charge >= 0.3 is 0 Å². The third kappa shape index (κ3) is 6.62. The predicted molar refractivity (Wildman–Crippen MR) is 120 cm³/mol. The summed E-state index contributed by atoms with van der Waals surface area (Å²) < 4.78 is 0. The Morgan fingerprint density at radius 1 is 1.03 bits per heavy atom. The molecule has 0 spiro atoms. The predicted octanol–water partition coefficient (Wildman–Crippen LogP) is 3.15. The van der Waals surface area contributed by atoms with Crippen molar-refractivity contribution in [1.82, 2.24) is 10.2 Å². The van der Waals surface area contributed by atoms with Crippen LogP contribution in [-0.2, 0) is 14.4 Å². The third-order valence-electron chi connectivity index (χ3n) is 4.91. The summed E-state index contributed by atoms with van der Waals surface area (Å²) in [6.07, 6.45) is 1.43. The summed E-state index contributed by atoms with van der Waals surface area (Å²) >= 11 is 1.27. The van der Waals surface area contributed by atoms with Crippen LogP contribution in [0.25, 0.3) is 0 Å². The van der Waals surface area contributed by atoms with Gasteiger partial charge in [0.1, 0.15) is 0 Å². The quantitative estimate of drug-likeness (QED) is 0.647. The number of nitrogens with one attached hydrogen (secondary N) is 2. The first-order chi connectivity index (χ1) is 14.5. The molecule has 1 atom stereocenters. The maximum Gasteiger partial charge on any atom is 0.234 e. The lowest BCUT2D eigenvalue weighted by Crippen LogP contribution is -2.39. The largest absolute Gasteiger partial charge is 0.347 e. The molecular weight excluding hydrogens is 398 g/mol. The second-order valence-electron chi connectivity index (χ2n) is 7.38. The van der Waals surface area contributed by atoms with Crippen LogP contribution in [0, 0.1) is 6.92 Å². The lowest BCUT2D eigenvalue weighted by atomic mass is 10.1. The Kier molecular flexibility index (Phi) is 7.90. The van der Waals surface area contributed by atoms with Crippen molar-refractivity contribution < 1.29 is 14.4 Å². The Morgan fingerprint density at radius 3 is 2.40 bits per heavy atom. The summed E-state index contributed by atoms with van der Waals surface area (Å²) in [7, 11) is 0. The Labute approximate surface area is 181 Å². The molecular formula is C23H27N3O3S. The molecule has 6 nitrogen and oxygen atoms in total. The molecule has 0 bridgehead atoms. The van der Waals surface area contributed by atoms with E-state index in [1.807, 2.05) is 61.5 Å². The van der Waals surface area contributed by atoms with E-state index in [9.17, 15) is 14.4 Å². The van der Waals surface area contributed by atoms with E-state index >= 15 is 0 Å². The molecule has 1 saturated heterocycles. The molecule has 30 heavy (non-hydrogen) atoms. The maximum absolute atomic E-state index is 12.5. The molecule has 0 radical (unpaired) electrons. The number of hydrogen-bond acceptors (Lipinski definition) is 4. The van der Waals surface area contributed by atoms with Crippen molar-refractivity contribution in [2.75, 3.05) is 29.9 Å². The van der Waals surface area contributed by atoms with Gasteiger partial charge < -0.3 is 15.5 Å². The molecule has 3 rings (SSSR count). The molecule has 1 unspecified atom stereocenters. The number of thioether (sulfide) groups is 1. The number of likely N-dealkylation sites (tertiary alicyclic amines) is 1. The van der Waals surface area contributed by atoms with Crippen LogP contribution in [0.3, 0.4) is 0 Å². The van der Waals surface area contributed by atoms with E-state index in [2.05, 4.69) is 10.6 Å². The van der Waals surface area contributed by atoms with Crippen molar-refractivity contribution in [3.8, 4) is 0 Å². The van der Waals surface area contributed by atoms with Crippen molar-refractivity contribution in [2.24, 2.45) is 0 Å². The summed E-state index contributed by atoms with van der Waals surface area (Å²) in [6.45, 7) is 3.18. The fourth-order valence-electron chi connectivity index (χ4n) is 3.34. The van der Waals surface area contributed by atoms with Crippen LogP contribution < -0.4 is 10.6 Å². The molecule has 0 aliphatic carbocycles. The second-order valence-corrected chi connectivity index (χ2v) is 8.37. The highest BCUT2D eigenvalue weighted by molar-refractivity contribution is 8.00. The molecule has 2 aromatic rings. The lowest BCUT2D eigenvalue weighted by molar-refractivity contribution is -0.128. The van der Waals surface area contributed by atoms with Gasteiger partial charge in [0.15, 0.2) is 0 Å². The molecule has 2 aromatic carbocycles. The van der Waals surface area contributed by atoms with E-state index < -0.39 is 0 Å². The molecule has 7 heteroatoms. The average Bonchev–Trinajstić information content (AvgIpc) is 3.14. The molecule has 2 N–H and O–H groups in total. The molecule has 0 aromatic heterocycles. The fraction of sp³-hybridized carbons (Fsp3) is 0.348. The minimum Gasteiger partial charge on any atom is -0.347 e. The number of amides is 3. The minimum absolute atomic E-state index is 0.132. The van der Waals surface area contributed by atoms with Crippen molar-refractivity contribution >= 4 is 35.2 Å². The minimum atomic E-state index is -0.261. The number of carbonyl (C=O) groups excluding carboxylic acids is 3. The molecule has 1 aliphatic rings. The number of nitrogens with zero attached hydrogens (tertiary/aromatic N) is 1. The number of anilines is 1. The van der Waals surface area contributed by atoms with E-state index in [4.69, 9.17) is 0 Å². The number of hydrogen-bond donors (Lipinski definition) is 2. The number of carbonyl (C=O) groups is 3. The first-order valence-electron chi connectivity index (χ1n) is 10.1. The fourth-order valence-corrected chi connectivity index (χ4v) is 3.97. The zero-order chi connectivity index (χ0) is 21.3. The first kappa shape index (κ1) is 21.9. The molecule has 158 valence electrons. The maximum atomic E-state index is 12.5. The average molecular weight is 426 g/mol. The molecule has 3 amide bonds. The normalized spacial score (nSPS) is 14.4. The zero-order valence-electron chi connectivity index (χ0n) is 17.1. The van der Waals surface area contributed by atoms with E-state index in [1.54, 1.807) is 4.90 Å². The van der Waals surface area contributed by atoms with Crippen molar-refractivity contribution in [1.29, 1.82) is 0 Å². The van der Waals surface area contributed by atoms with Gasteiger partial charge in [-0.15, -0.1) is 11.8 Å². The van der Waals surface area contributed by atoms with Crippen LogP contribution in [0.4, 0.5) is 5.69 Å². The SMILES string of the molecule is Cc1ccc(NC(=O)CSCC(=O)NC(CN2CCCC2=O)c2ccccc2)cc1. The number of aryl methyl sites for hydroxylation is 1. The summed E-state index contributed by atoms with van der Waals surface area (Å²) in [5, 5.41) is 5.85. The van der Waals surface area contributed by atoms with E-state index in [-0.39, 0.29) is 35.3 Å². The van der Waals surface area contributed by atoms with E-state index in [0.29, 0.717) is 13.0 Å². The lowest BCUT2D eigenvalue weighted by Gasteiger charge is -2.25. The summed E-state index contributed by atoms with van der Waals surface area (Å²) in [5.74, 6) is 0.218. The first-order valence-corrected chi connectivity index (χ1v) is 11.2. The summed E-state index contributed by atoms with van der Waals surface area (Å²) in [6, 6.07) is 17.0. The third-order valence-corrected chi connectivity index (χ3v) is 5.85. The van der Waals surface area contributed by atoms with Crippen LogP contribution in [0.15, 0.2) is 54.6 Å². The van der Waals surface area contributed by atoms with Crippen LogP contribution >= 0.6 is 11.8 Å². The number of benzene rings is 2. The Balaban J connectivity index is 1.48. The standard InChI is InChI=1S/C23H27N3O3S/c1-17-9-11-19(12-10-17)24-21(27)15-30-16-22(28)25-20(18-6-3-2-4-7-18)14-26-13-5-8-23(26)29/h2-4,6-7,9-12,20H,5,8,13-16H2,1H3,(H,24,27)(H,25,28). The van der Waals surface area contributed by atoms with Crippen LogP contribution in [0.2, 0.25) is 0 Å². The van der Waals surface area contributed by atoms with E-state index in [1.165, 1.54) is 11.8 Å². The highest BCUT2D eigenvalue weighted by atomic mass is 32.2. The van der Waals surface area contributed by atoms with Crippen molar-refractivity contribution in [3.05, 3.63) is 65.7 Å².